The number of ether oxygens (including phenoxy) is 1. The van der Waals surface area contributed by atoms with Crippen LogP contribution in [0.25, 0.3) is 11.3 Å². The maximum atomic E-state index is 5.74. The molecule has 0 saturated heterocycles. The summed E-state index contributed by atoms with van der Waals surface area (Å²) < 4.78 is 5.74. The number of rotatable bonds is 1. The standard InChI is InChI=1S/C13H12N2O/c1-3-10-4-2-8-16-13(10)11(5-1)12-9-14-6-7-15-12/h1,3,5-7,9H,2,4,8H2. The van der Waals surface area contributed by atoms with Crippen molar-refractivity contribution < 1.29 is 4.74 Å². The van der Waals surface area contributed by atoms with Gasteiger partial charge in [0.25, 0.3) is 0 Å². The van der Waals surface area contributed by atoms with Gasteiger partial charge in [-0.1, -0.05) is 12.1 Å². The van der Waals surface area contributed by atoms with Crippen molar-refractivity contribution in [2.24, 2.45) is 0 Å². The van der Waals surface area contributed by atoms with Crippen LogP contribution in [-0.4, -0.2) is 16.6 Å². The zero-order chi connectivity index (χ0) is 10.8. The van der Waals surface area contributed by atoms with E-state index in [9.17, 15) is 0 Å². The van der Waals surface area contributed by atoms with Gasteiger partial charge in [-0.3, -0.25) is 9.97 Å². The Morgan fingerprint density at radius 1 is 1.19 bits per heavy atom. The average molecular weight is 212 g/mol. The number of hydrogen-bond acceptors (Lipinski definition) is 3. The normalized spacial score (nSPS) is 14.0. The van der Waals surface area contributed by atoms with E-state index in [2.05, 4.69) is 22.1 Å². The van der Waals surface area contributed by atoms with E-state index in [4.69, 9.17) is 4.74 Å². The van der Waals surface area contributed by atoms with E-state index in [1.165, 1.54) is 5.56 Å². The molecule has 0 atom stereocenters. The second-order valence-electron chi connectivity index (χ2n) is 3.84. The molecule has 3 nitrogen and oxygen atoms in total. The van der Waals surface area contributed by atoms with Crippen molar-refractivity contribution in [3.8, 4) is 17.0 Å². The fourth-order valence-electron chi connectivity index (χ4n) is 2.03. The lowest BCUT2D eigenvalue weighted by molar-refractivity contribution is 0.289. The maximum absolute atomic E-state index is 5.74. The number of nitrogens with zero attached hydrogens (tertiary/aromatic N) is 2. The molecule has 3 rings (SSSR count). The van der Waals surface area contributed by atoms with Crippen molar-refractivity contribution in [3.63, 3.8) is 0 Å². The number of aromatic nitrogens is 2. The summed E-state index contributed by atoms with van der Waals surface area (Å²) in [5.41, 5.74) is 3.20. The molecular weight excluding hydrogens is 200 g/mol. The third kappa shape index (κ3) is 1.54. The lowest BCUT2D eigenvalue weighted by Crippen LogP contribution is -2.09. The summed E-state index contributed by atoms with van der Waals surface area (Å²) in [6, 6.07) is 6.21. The van der Waals surface area contributed by atoms with Gasteiger partial charge >= 0.3 is 0 Å². The van der Waals surface area contributed by atoms with Crippen LogP contribution >= 0.6 is 0 Å². The van der Waals surface area contributed by atoms with Gasteiger partial charge in [-0.05, 0) is 24.5 Å². The molecule has 0 N–H and O–H groups in total. The molecule has 0 saturated carbocycles. The summed E-state index contributed by atoms with van der Waals surface area (Å²) in [4.78, 5) is 8.41. The first-order valence-electron chi connectivity index (χ1n) is 5.46. The molecule has 0 spiro atoms. The Hall–Kier alpha value is -1.90. The van der Waals surface area contributed by atoms with Gasteiger partial charge in [0.05, 0.1) is 18.5 Å². The largest absolute Gasteiger partial charge is 0.493 e. The summed E-state index contributed by atoms with van der Waals surface area (Å²) >= 11 is 0. The molecule has 16 heavy (non-hydrogen) atoms. The predicted molar refractivity (Wildman–Crippen MR) is 61.3 cm³/mol. The van der Waals surface area contributed by atoms with Gasteiger partial charge in [0.15, 0.2) is 0 Å². The number of para-hydroxylation sites is 1. The highest BCUT2D eigenvalue weighted by molar-refractivity contribution is 5.68. The Kier molecular flexibility index (Phi) is 2.29. The van der Waals surface area contributed by atoms with Gasteiger partial charge in [-0.15, -0.1) is 0 Å². The quantitative estimate of drug-likeness (QED) is 0.728. The first-order valence-corrected chi connectivity index (χ1v) is 5.46. The van der Waals surface area contributed by atoms with E-state index < -0.39 is 0 Å². The van der Waals surface area contributed by atoms with Crippen LogP contribution in [0.15, 0.2) is 36.8 Å². The minimum Gasteiger partial charge on any atom is -0.493 e. The zero-order valence-corrected chi connectivity index (χ0v) is 8.89. The van der Waals surface area contributed by atoms with Crippen molar-refractivity contribution in [1.29, 1.82) is 0 Å². The molecule has 0 aliphatic carbocycles. The van der Waals surface area contributed by atoms with Gasteiger partial charge in [0, 0.05) is 18.0 Å². The van der Waals surface area contributed by atoms with E-state index in [1.807, 2.05) is 6.07 Å². The molecule has 0 bridgehead atoms. The van der Waals surface area contributed by atoms with Gasteiger partial charge in [-0.2, -0.15) is 0 Å². The highest BCUT2D eigenvalue weighted by atomic mass is 16.5. The lowest BCUT2D eigenvalue weighted by Gasteiger charge is -2.19. The fourth-order valence-corrected chi connectivity index (χ4v) is 2.03. The number of hydrogen-bond donors (Lipinski definition) is 0. The molecule has 0 fully saturated rings. The molecule has 0 radical (unpaired) electrons. The second kappa shape index (κ2) is 3.93. The first-order chi connectivity index (χ1) is 7.95. The number of aryl methyl sites for hydroxylation is 1. The minimum absolute atomic E-state index is 0.796. The Labute approximate surface area is 94.1 Å². The monoisotopic (exact) mass is 212 g/mol. The Bertz CT molecular complexity index is 497. The third-order valence-corrected chi connectivity index (χ3v) is 2.77. The molecule has 1 aliphatic rings. The van der Waals surface area contributed by atoms with Gasteiger partial charge in [-0.25, -0.2) is 0 Å². The summed E-state index contributed by atoms with van der Waals surface area (Å²) in [6.45, 7) is 0.796. The summed E-state index contributed by atoms with van der Waals surface area (Å²) in [5, 5.41) is 0. The molecule has 1 aliphatic heterocycles. The second-order valence-corrected chi connectivity index (χ2v) is 3.84. The zero-order valence-electron chi connectivity index (χ0n) is 8.89. The van der Waals surface area contributed by atoms with E-state index in [1.54, 1.807) is 18.6 Å². The van der Waals surface area contributed by atoms with Crippen LogP contribution in [0.2, 0.25) is 0 Å². The number of benzene rings is 1. The van der Waals surface area contributed by atoms with Crippen LogP contribution in [0.5, 0.6) is 5.75 Å². The molecule has 0 amide bonds. The van der Waals surface area contributed by atoms with E-state index in [-0.39, 0.29) is 0 Å². The Morgan fingerprint density at radius 2 is 2.19 bits per heavy atom. The third-order valence-electron chi connectivity index (χ3n) is 2.77. The highest BCUT2D eigenvalue weighted by Crippen LogP contribution is 2.34. The van der Waals surface area contributed by atoms with Crippen molar-refractivity contribution in [3.05, 3.63) is 42.4 Å². The van der Waals surface area contributed by atoms with E-state index >= 15 is 0 Å². The van der Waals surface area contributed by atoms with Crippen LogP contribution in [0, 0.1) is 0 Å². The maximum Gasteiger partial charge on any atom is 0.131 e. The molecule has 2 heterocycles. The van der Waals surface area contributed by atoms with Gasteiger partial charge in [0.1, 0.15) is 5.75 Å². The van der Waals surface area contributed by atoms with Crippen molar-refractivity contribution in [1.82, 2.24) is 9.97 Å². The molecule has 1 aromatic heterocycles. The van der Waals surface area contributed by atoms with Crippen LogP contribution in [0.4, 0.5) is 0 Å². The Balaban J connectivity index is 2.14. The topological polar surface area (TPSA) is 35.0 Å². The van der Waals surface area contributed by atoms with Crippen molar-refractivity contribution in [2.75, 3.05) is 6.61 Å². The van der Waals surface area contributed by atoms with E-state index in [0.29, 0.717) is 0 Å². The van der Waals surface area contributed by atoms with Gasteiger partial charge in [0.2, 0.25) is 0 Å². The molecular formula is C13H12N2O. The predicted octanol–water partition coefficient (Wildman–Crippen LogP) is 2.47. The van der Waals surface area contributed by atoms with Crippen LogP contribution in [0.3, 0.4) is 0 Å². The molecule has 0 unspecified atom stereocenters. The first kappa shape index (κ1) is 9.33. The van der Waals surface area contributed by atoms with E-state index in [0.717, 1.165) is 36.5 Å². The van der Waals surface area contributed by atoms with Crippen LogP contribution < -0.4 is 4.74 Å². The summed E-state index contributed by atoms with van der Waals surface area (Å²) in [6.07, 6.45) is 7.34. The average Bonchev–Trinajstić information content (AvgIpc) is 2.39. The summed E-state index contributed by atoms with van der Waals surface area (Å²) in [7, 11) is 0. The summed E-state index contributed by atoms with van der Waals surface area (Å²) in [5.74, 6) is 0.981. The van der Waals surface area contributed by atoms with Crippen LogP contribution in [0.1, 0.15) is 12.0 Å². The van der Waals surface area contributed by atoms with Crippen LogP contribution in [-0.2, 0) is 6.42 Å². The molecule has 80 valence electrons. The highest BCUT2D eigenvalue weighted by Gasteiger charge is 2.15. The fraction of sp³-hybridized carbons (Fsp3) is 0.231. The number of fused-ring (bicyclic) bond motifs is 1. The molecule has 3 heteroatoms. The molecule has 1 aromatic carbocycles. The lowest BCUT2D eigenvalue weighted by atomic mass is 10.0. The minimum atomic E-state index is 0.796. The molecule has 2 aromatic rings. The SMILES string of the molecule is c1cc2c(c(-c3cnccn3)c1)OCCC2. The van der Waals surface area contributed by atoms with Gasteiger partial charge < -0.3 is 4.74 Å². The smallest absolute Gasteiger partial charge is 0.131 e. The van der Waals surface area contributed by atoms with Crippen molar-refractivity contribution in [2.45, 2.75) is 12.8 Å². The van der Waals surface area contributed by atoms with Crippen molar-refractivity contribution >= 4 is 0 Å². The Morgan fingerprint density at radius 3 is 3.06 bits per heavy atom.